The SMILES string of the molecule is CNCCCc1cnc(C2CCS(=O)(=O)C2)o1. The van der Waals surface area contributed by atoms with Crippen LogP contribution in [-0.2, 0) is 16.3 Å². The molecule has 1 unspecified atom stereocenters. The molecular weight excluding hydrogens is 240 g/mol. The Kier molecular flexibility index (Phi) is 3.83. The van der Waals surface area contributed by atoms with E-state index in [2.05, 4.69) is 10.3 Å². The zero-order valence-corrected chi connectivity index (χ0v) is 10.8. The highest BCUT2D eigenvalue weighted by atomic mass is 32.2. The van der Waals surface area contributed by atoms with Crippen molar-refractivity contribution in [3.63, 3.8) is 0 Å². The molecule has 1 aromatic heterocycles. The van der Waals surface area contributed by atoms with Gasteiger partial charge in [0.15, 0.2) is 15.7 Å². The van der Waals surface area contributed by atoms with Crippen LogP contribution in [0.1, 0.15) is 30.4 Å². The van der Waals surface area contributed by atoms with Crippen molar-refractivity contribution in [2.45, 2.75) is 25.2 Å². The monoisotopic (exact) mass is 258 g/mol. The van der Waals surface area contributed by atoms with E-state index in [-0.39, 0.29) is 17.4 Å². The Labute approximate surface area is 102 Å². The summed E-state index contributed by atoms with van der Waals surface area (Å²) in [6, 6.07) is 0. The Morgan fingerprint density at radius 3 is 3.06 bits per heavy atom. The zero-order chi connectivity index (χ0) is 12.3. The predicted octanol–water partition coefficient (Wildman–Crippen LogP) is 0.729. The van der Waals surface area contributed by atoms with Crippen LogP contribution in [0.4, 0.5) is 0 Å². The van der Waals surface area contributed by atoms with Crippen molar-refractivity contribution in [1.82, 2.24) is 10.3 Å². The lowest BCUT2D eigenvalue weighted by molar-refractivity contribution is 0.424. The van der Waals surface area contributed by atoms with E-state index in [0.29, 0.717) is 12.3 Å². The lowest BCUT2D eigenvalue weighted by atomic mass is 10.1. The van der Waals surface area contributed by atoms with Crippen molar-refractivity contribution >= 4 is 9.84 Å². The van der Waals surface area contributed by atoms with Crippen molar-refractivity contribution in [1.29, 1.82) is 0 Å². The first kappa shape index (κ1) is 12.6. The van der Waals surface area contributed by atoms with Gasteiger partial charge in [-0.15, -0.1) is 0 Å². The van der Waals surface area contributed by atoms with Crippen LogP contribution in [0.3, 0.4) is 0 Å². The van der Waals surface area contributed by atoms with Gasteiger partial charge >= 0.3 is 0 Å². The molecule has 1 aromatic rings. The first-order valence-corrected chi connectivity index (χ1v) is 7.72. The van der Waals surface area contributed by atoms with Crippen LogP contribution in [0.25, 0.3) is 0 Å². The number of aryl methyl sites for hydroxylation is 1. The average Bonchev–Trinajstić information content (AvgIpc) is 2.85. The smallest absolute Gasteiger partial charge is 0.198 e. The molecule has 5 nitrogen and oxygen atoms in total. The molecule has 1 fully saturated rings. The molecule has 96 valence electrons. The van der Waals surface area contributed by atoms with Crippen molar-refractivity contribution in [3.05, 3.63) is 17.8 Å². The van der Waals surface area contributed by atoms with Crippen molar-refractivity contribution < 1.29 is 12.8 Å². The number of hydrogen-bond donors (Lipinski definition) is 1. The molecule has 0 bridgehead atoms. The normalized spacial score (nSPS) is 23.0. The molecule has 0 aliphatic carbocycles. The van der Waals surface area contributed by atoms with E-state index < -0.39 is 9.84 Å². The Bertz CT molecular complexity index is 467. The molecule has 1 saturated heterocycles. The van der Waals surface area contributed by atoms with E-state index in [1.165, 1.54) is 0 Å². The van der Waals surface area contributed by atoms with Crippen molar-refractivity contribution in [3.8, 4) is 0 Å². The van der Waals surface area contributed by atoms with Gasteiger partial charge in [-0.2, -0.15) is 0 Å². The fraction of sp³-hybridized carbons (Fsp3) is 0.727. The third-order valence-electron chi connectivity index (χ3n) is 3.00. The zero-order valence-electron chi connectivity index (χ0n) is 9.98. The van der Waals surface area contributed by atoms with E-state index in [1.807, 2.05) is 7.05 Å². The molecule has 0 radical (unpaired) electrons. The molecule has 1 aliphatic heterocycles. The summed E-state index contributed by atoms with van der Waals surface area (Å²) in [5.74, 6) is 1.83. The maximum absolute atomic E-state index is 11.4. The number of nitrogens with zero attached hydrogens (tertiary/aromatic N) is 1. The summed E-state index contributed by atoms with van der Waals surface area (Å²) in [6.45, 7) is 0.938. The molecule has 1 atom stereocenters. The van der Waals surface area contributed by atoms with Gasteiger partial charge in [0, 0.05) is 6.42 Å². The molecule has 1 N–H and O–H groups in total. The molecule has 2 rings (SSSR count). The van der Waals surface area contributed by atoms with E-state index >= 15 is 0 Å². The summed E-state index contributed by atoms with van der Waals surface area (Å²) in [5.41, 5.74) is 0. The summed E-state index contributed by atoms with van der Waals surface area (Å²) in [7, 11) is -0.953. The van der Waals surface area contributed by atoms with Crippen LogP contribution < -0.4 is 5.32 Å². The lowest BCUT2D eigenvalue weighted by Crippen LogP contribution is -2.08. The van der Waals surface area contributed by atoms with Gasteiger partial charge in [-0.1, -0.05) is 0 Å². The summed E-state index contributed by atoms with van der Waals surface area (Å²) in [5, 5.41) is 3.07. The Balaban J connectivity index is 1.94. The number of nitrogens with one attached hydrogen (secondary N) is 1. The van der Waals surface area contributed by atoms with Crippen molar-refractivity contribution in [2.24, 2.45) is 0 Å². The van der Waals surface area contributed by atoms with Crippen LogP contribution in [0.5, 0.6) is 0 Å². The summed E-state index contributed by atoms with van der Waals surface area (Å²) in [4.78, 5) is 4.19. The van der Waals surface area contributed by atoms with E-state index in [4.69, 9.17) is 4.42 Å². The Hall–Kier alpha value is -0.880. The second kappa shape index (κ2) is 5.18. The second-order valence-corrected chi connectivity index (χ2v) is 6.70. The molecule has 17 heavy (non-hydrogen) atoms. The van der Waals surface area contributed by atoms with Crippen molar-refractivity contribution in [2.75, 3.05) is 25.1 Å². The fourth-order valence-electron chi connectivity index (χ4n) is 2.06. The van der Waals surface area contributed by atoms with E-state index in [9.17, 15) is 8.42 Å². The molecule has 1 aliphatic rings. The molecule has 0 spiro atoms. The van der Waals surface area contributed by atoms with Gasteiger partial charge in [0.2, 0.25) is 0 Å². The number of sulfone groups is 1. The fourth-order valence-corrected chi connectivity index (χ4v) is 3.79. The van der Waals surface area contributed by atoms with Gasteiger partial charge in [0.1, 0.15) is 5.76 Å². The molecule has 2 heterocycles. The largest absolute Gasteiger partial charge is 0.445 e. The number of oxazole rings is 1. The average molecular weight is 258 g/mol. The Morgan fingerprint density at radius 2 is 2.41 bits per heavy atom. The second-order valence-electron chi connectivity index (χ2n) is 4.47. The highest BCUT2D eigenvalue weighted by Gasteiger charge is 2.32. The number of rotatable bonds is 5. The highest BCUT2D eigenvalue weighted by Crippen LogP contribution is 2.28. The minimum atomic E-state index is -2.87. The summed E-state index contributed by atoms with van der Waals surface area (Å²) >= 11 is 0. The van der Waals surface area contributed by atoms with Gasteiger partial charge in [-0.3, -0.25) is 0 Å². The lowest BCUT2D eigenvalue weighted by Gasteiger charge is -2.01. The van der Waals surface area contributed by atoms with Crippen LogP contribution in [0, 0.1) is 0 Å². The maximum atomic E-state index is 11.4. The highest BCUT2D eigenvalue weighted by molar-refractivity contribution is 7.91. The standard InChI is InChI=1S/C11H18N2O3S/c1-12-5-2-3-10-7-13-11(16-10)9-4-6-17(14,15)8-9/h7,9,12H,2-6,8H2,1H3. The van der Waals surface area contributed by atoms with Gasteiger partial charge in [-0.25, -0.2) is 13.4 Å². The minimum absolute atomic E-state index is 0.0435. The van der Waals surface area contributed by atoms with Gasteiger partial charge in [0.05, 0.1) is 23.6 Å². The van der Waals surface area contributed by atoms with Gasteiger partial charge in [-0.05, 0) is 26.4 Å². The Morgan fingerprint density at radius 1 is 1.59 bits per heavy atom. The number of aromatic nitrogens is 1. The van der Waals surface area contributed by atoms with E-state index in [0.717, 1.165) is 25.1 Å². The first-order valence-electron chi connectivity index (χ1n) is 5.90. The third kappa shape index (κ3) is 3.29. The first-order chi connectivity index (χ1) is 8.11. The molecule has 0 saturated carbocycles. The van der Waals surface area contributed by atoms with Crippen LogP contribution in [-0.4, -0.2) is 38.5 Å². The topological polar surface area (TPSA) is 72.2 Å². The number of hydrogen-bond acceptors (Lipinski definition) is 5. The quantitative estimate of drug-likeness (QED) is 0.788. The van der Waals surface area contributed by atoms with Crippen LogP contribution in [0.15, 0.2) is 10.6 Å². The van der Waals surface area contributed by atoms with Crippen LogP contribution >= 0.6 is 0 Å². The third-order valence-corrected chi connectivity index (χ3v) is 4.77. The van der Waals surface area contributed by atoms with Crippen LogP contribution in [0.2, 0.25) is 0 Å². The van der Waals surface area contributed by atoms with Gasteiger partial charge in [0.25, 0.3) is 0 Å². The van der Waals surface area contributed by atoms with E-state index in [1.54, 1.807) is 6.20 Å². The van der Waals surface area contributed by atoms with Gasteiger partial charge < -0.3 is 9.73 Å². The molecule has 0 aromatic carbocycles. The minimum Gasteiger partial charge on any atom is -0.445 e. The summed E-state index contributed by atoms with van der Waals surface area (Å²) in [6.07, 6.45) is 4.19. The predicted molar refractivity (Wildman–Crippen MR) is 64.8 cm³/mol. The molecule has 0 amide bonds. The molecular formula is C11H18N2O3S. The summed E-state index contributed by atoms with van der Waals surface area (Å²) < 4.78 is 28.3. The molecule has 6 heteroatoms. The maximum Gasteiger partial charge on any atom is 0.198 e.